The van der Waals surface area contributed by atoms with Gasteiger partial charge >= 0.3 is 56.2 Å². The number of anilines is 1. The summed E-state index contributed by atoms with van der Waals surface area (Å²) in [5, 5.41) is 14.5. The van der Waals surface area contributed by atoms with Gasteiger partial charge in [-0.25, -0.2) is 9.59 Å². The smallest absolute Gasteiger partial charge is 0.488 e. The molecule has 0 saturated heterocycles. The van der Waals surface area contributed by atoms with Crippen LogP contribution in [0.3, 0.4) is 0 Å². The van der Waals surface area contributed by atoms with Crippen molar-refractivity contribution in [1.29, 1.82) is 0 Å². The summed E-state index contributed by atoms with van der Waals surface area (Å²) in [5.74, 6) is 0.181. The standard InChI is InChI=1S/C26H46I3N3O8Si2.C18H28I3NO6Si.C17H26I3NO5Si.C16H24I3NO4Si/c1-7-35-41(36-8-2,37-9-3)17-13-15-31-25(33)19-21(27)20(23(29)24(30)22(19)28)26(34)32-16-14-18-42(38-10-4,39-11-5)40-12-6;1-4-26-29(27-5-2,28-6-3)11-7-8-22-18(23)25-10-9-24-17-15(20)12-14(19)13-16(17)21;1-4-24-27(25-5-2,26-6-3)9-7-8-21-17(22)23-12-13-10-14(18)11-15(19)16(13)20;1-4-22-25(23-5-2,24-6-3)9-7-8-20-16(21)12-10-13(17)15(19)14(18)11-12/h7-18,30H2,1-6H3,(H,31,33)(H,32,34);12-13H,4-11H2,1-3H3,(H,22,23);10-11H,4-9,12H2,1-3H3,(H,21,22);10-11H,4-9H2,1-3H3,(H,20,21). The maximum atomic E-state index is 13.4. The predicted molar refractivity (Wildman–Crippen MR) is 593 cm³/mol. The Morgan fingerprint density at radius 2 is 0.561 bits per heavy atom. The molecule has 7 N–H and O–H groups in total. The number of hydrogen-bond acceptors (Lipinski definition) is 24. The Morgan fingerprint density at radius 1 is 0.301 bits per heavy atom. The molecule has 0 unspecified atom stereocenters. The quantitative estimate of drug-likeness (QED) is 0.00597. The summed E-state index contributed by atoms with van der Waals surface area (Å²) >= 11 is 26.6. The Morgan fingerprint density at radius 3 is 0.862 bits per heavy atom. The second kappa shape index (κ2) is 71.2. The number of amides is 5. The largest absolute Gasteiger partial charge is 0.500 e. The van der Waals surface area contributed by atoms with E-state index in [-0.39, 0.29) is 30.9 Å². The molecule has 704 valence electrons. The Bertz CT molecular complexity index is 3550. The van der Waals surface area contributed by atoms with E-state index in [0.717, 1.165) is 46.3 Å². The van der Waals surface area contributed by atoms with Crippen LogP contribution in [0.25, 0.3) is 0 Å². The topological polar surface area (TPSA) is 338 Å². The van der Waals surface area contributed by atoms with E-state index < -0.39 is 56.2 Å². The predicted octanol–water partition coefficient (Wildman–Crippen LogP) is 20.3. The molecule has 0 aromatic heterocycles. The molecule has 46 heteroatoms. The van der Waals surface area contributed by atoms with Crippen LogP contribution >= 0.6 is 271 Å². The molecule has 0 heterocycles. The summed E-state index contributed by atoms with van der Waals surface area (Å²) in [5.41, 5.74) is 9.26. The Kier molecular flexibility index (Phi) is 71.6. The molecule has 0 aliphatic rings. The molecule has 0 spiro atoms. The SMILES string of the molecule is CCO[Si](CCCNC(=O)OCCOc1c(I)cc(I)cc1I)(OCC)OCC.CCO[Si](CCCNC(=O)OCc1cc(I)cc(I)c1I)(OCC)OCC.CCO[Si](CCCNC(=O)c1c(I)c(N)c(I)c(C(=O)NCCC[Si](OCC)(OCC)OCC)c1I)(OCC)OCC.CCO[Si](CCCNC(=O)c1cc(I)c(I)c(I)c1)(OCC)OCC. The van der Waals surface area contributed by atoms with Crippen LogP contribution < -0.4 is 37.1 Å². The molecule has 123 heavy (non-hydrogen) atoms. The molecule has 0 aliphatic heterocycles. The normalized spacial score (nSPS) is 11.7. The molecular weight excluding hydrogens is 3040 g/mol. The molecular formula is C77H124I12N6O23Si5. The average molecular weight is 3170 g/mol. The first-order valence-electron chi connectivity index (χ1n) is 40.9. The summed E-state index contributed by atoms with van der Waals surface area (Å²) in [6, 6.07) is 15.2. The van der Waals surface area contributed by atoms with Gasteiger partial charge in [-0.15, -0.1) is 0 Å². The van der Waals surface area contributed by atoms with E-state index >= 15 is 0 Å². The molecule has 29 nitrogen and oxygen atoms in total. The lowest BCUT2D eigenvalue weighted by molar-refractivity contribution is 0.0698. The van der Waals surface area contributed by atoms with Gasteiger partial charge in [0.15, 0.2) is 0 Å². The number of carbonyl (C=O) groups excluding carboxylic acids is 5. The maximum absolute atomic E-state index is 13.4. The van der Waals surface area contributed by atoms with Gasteiger partial charge in [0.1, 0.15) is 25.6 Å². The minimum atomic E-state index is -2.80. The van der Waals surface area contributed by atoms with Gasteiger partial charge in [-0.1, -0.05) is 0 Å². The average Bonchev–Trinajstić information content (AvgIpc) is 0.771. The van der Waals surface area contributed by atoms with Crippen LogP contribution in [0, 0.1) is 42.8 Å². The Balaban J connectivity index is 0.000000838. The van der Waals surface area contributed by atoms with Crippen LogP contribution in [0.15, 0.2) is 36.4 Å². The molecule has 4 aromatic rings. The third-order valence-electron chi connectivity index (χ3n) is 16.2. The first-order chi connectivity index (χ1) is 58.6. The fourth-order valence-corrected chi connectivity index (χ4v) is 37.1. The highest BCUT2D eigenvalue weighted by Crippen LogP contribution is 2.35. The van der Waals surface area contributed by atoms with Crippen molar-refractivity contribution in [1.82, 2.24) is 26.6 Å². The number of ether oxygens (including phenoxy) is 3. The van der Waals surface area contributed by atoms with Gasteiger partial charge in [0.25, 0.3) is 17.7 Å². The number of nitrogen functional groups attached to an aromatic ring is 1. The van der Waals surface area contributed by atoms with E-state index in [4.69, 9.17) is 86.3 Å². The van der Waals surface area contributed by atoms with E-state index in [1.54, 1.807) is 0 Å². The number of halogens is 12. The molecule has 0 radical (unpaired) electrons. The number of carbonyl (C=O) groups is 5. The number of alkyl carbamates (subject to hydrolysis) is 2. The second-order valence-electron chi connectivity index (χ2n) is 25.0. The van der Waals surface area contributed by atoms with Crippen molar-refractivity contribution in [3.63, 3.8) is 0 Å². The summed E-state index contributed by atoms with van der Waals surface area (Å²) in [7, 11) is -13.5. The van der Waals surface area contributed by atoms with Crippen LogP contribution in [-0.4, -0.2) is 219 Å². The van der Waals surface area contributed by atoms with Crippen LogP contribution in [0.5, 0.6) is 5.75 Å². The summed E-state index contributed by atoms with van der Waals surface area (Å²) in [4.78, 5) is 62.9. The molecule has 4 rings (SSSR count). The molecule has 0 saturated carbocycles. The van der Waals surface area contributed by atoms with Crippen LogP contribution in [0.4, 0.5) is 15.3 Å². The lowest BCUT2D eigenvalue weighted by Gasteiger charge is -2.28. The van der Waals surface area contributed by atoms with Crippen molar-refractivity contribution in [2.24, 2.45) is 0 Å². The Labute approximate surface area is 899 Å². The maximum Gasteiger partial charge on any atom is 0.500 e. The zero-order chi connectivity index (χ0) is 92.6. The lowest BCUT2D eigenvalue weighted by atomic mass is 10.1. The number of hydrogen-bond donors (Lipinski definition) is 6. The first-order valence-corrected chi connectivity index (χ1v) is 63.5. The Hall–Kier alpha value is 2.67. The lowest BCUT2D eigenvalue weighted by Crippen LogP contribution is -2.46. The van der Waals surface area contributed by atoms with Crippen LogP contribution in [0.2, 0.25) is 30.2 Å². The minimum absolute atomic E-state index is 0.0521. The van der Waals surface area contributed by atoms with Gasteiger partial charge in [-0.05, 0) is 443 Å². The highest BCUT2D eigenvalue weighted by molar-refractivity contribution is 14.1. The van der Waals surface area contributed by atoms with Crippen LogP contribution in [-0.2, 0) is 82.5 Å². The van der Waals surface area contributed by atoms with Crippen molar-refractivity contribution >= 4 is 351 Å². The molecule has 0 bridgehead atoms. The van der Waals surface area contributed by atoms with Gasteiger partial charge in [0.05, 0.1) is 31.1 Å². The zero-order valence-corrected chi connectivity index (χ0v) is 104. The summed E-state index contributed by atoms with van der Waals surface area (Å²) in [6.45, 7) is 39.9. The number of rotatable bonds is 59. The summed E-state index contributed by atoms with van der Waals surface area (Å²) in [6.07, 6.45) is 2.52. The third kappa shape index (κ3) is 47.5. The van der Waals surface area contributed by atoms with E-state index in [0.29, 0.717) is 227 Å². The second-order valence-corrected chi connectivity index (χ2v) is 52.4. The number of nitrogens with one attached hydrogen (secondary N) is 5. The van der Waals surface area contributed by atoms with E-state index in [2.05, 4.69) is 304 Å². The summed E-state index contributed by atoms with van der Waals surface area (Å²) < 4.78 is 116. The van der Waals surface area contributed by atoms with E-state index in [9.17, 15) is 24.0 Å². The number of benzene rings is 4. The van der Waals surface area contributed by atoms with Crippen molar-refractivity contribution < 1.29 is 105 Å². The fourth-order valence-electron chi connectivity index (χ4n) is 11.5. The van der Waals surface area contributed by atoms with Gasteiger partial charge < -0.3 is 113 Å². The van der Waals surface area contributed by atoms with E-state index in [1.165, 1.54) is 3.57 Å². The molecule has 4 aromatic carbocycles. The molecule has 0 fully saturated rings. The van der Waals surface area contributed by atoms with Crippen LogP contribution in [0.1, 0.15) is 173 Å². The van der Waals surface area contributed by atoms with Crippen molar-refractivity contribution in [2.45, 2.75) is 173 Å². The van der Waals surface area contributed by atoms with Crippen molar-refractivity contribution in [3.8, 4) is 5.75 Å². The zero-order valence-electron chi connectivity index (χ0n) is 72.8. The minimum Gasteiger partial charge on any atom is -0.488 e. The number of nitrogens with two attached hydrogens (primary N) is 1. The first kappa shape index (κ1) is 124. The monoisotopic (exact) mass is 3160 g/mol. The highest BCUT2D eigenvalue weighted by Gasteiger charge is 2.44. The van der Waals surface area contributed by atoms with Crippen molar-refractivity contribution in [3.05, 3.63) is 101 Å². The highest BCUT2D eigenvalue weighted by atomic mass is 127. The van der Waals surface area contributed by atoms with Gasteiger partial charge in [0, 0.05) is 202 Å². The molecule has 0 aliphatic carbocycles. The van der Waals surface area contributed by atoms with Gasteiger partial charge in [-0.3, -0.25) is 14.4 Å². The fraction of sp³-hybridized carbons (Fsp3) is 0.623. The van der Waals surface area contributed by atoms with Crippen molar-refractivity contribution in [2.75, 3.05) is 151 Å². The molecule has 0 atom stereocenters. The van der Waals surface area contributed by atoms with Gasteiger partial charge in [-0.2, -0.15) is 0 Å². The molecule has 5 amide bonds. The van der Waals surface area contributed by atoms with Gasteiger partial charge in [0.2, 0.25) is 0 Å². The third-order valence-corrected chi connectivity index (χ3v) is 46.2. The van der Waals surface area contributed by atoms with E-state index in [1.807, 2.05) is 134 Å².